The number of aryl methyl sites for hydroxylation is 1. The minimum Gasteiger partial charge on any atom is -0.490 e. The second kappa shape index (κ2) is 8.71. The molecule has 0 saturated heterocycles. The molecule has 1 aliphatic rings. The average molecular weight is 367 g/mol. The van der Waals surface area contributed by atoms with Gasteiger partial charge >= 0.3 is 0 Å². The van der Waals surface area contributed by atoms with E-state index < -0.39 is 0 Å². The van der Waals surface area contributed by atoms with Gasteiger partial charge in [-0.3, -0.25) is 14.5 Å². The lowest BCUT2D eigenvalue weighted by atomic mass is 10.1. The van der Waals surface area contributed by atoms with Crippen molar-refractivity contribution in [3.63, 3.8) is 0 Å². The Balaban J connectivity index is 1.56. The zero-order valence-electron chi connectivity index (χ0n) is 15.9. The van der Waals surface area contributed by atoms with Gasteiger partial charge in [0.15, 0.2) is 11.5 Å². The molecule has 0 atom stereocenters. The van der Waals surface area contributed by atoms with Crippen LogP contribution >= 0.6 is 0 Å². The van der Waals surface area contributed by atoms with E-state index in [0.717, 1.165) is 18.6 Å². The average Bonchev–Trinajstić information content (AvgIpc) is 2.92. The highest BCUT2D eigenvalue weighted by Gasteiger charge is 2.34. The number of nitrogens with zero attached hydrogens (tertiary/aromatic N) is 1. The quantitative estimate of drug-likeness (QED) is 0.494. The summed E-state index contributed by atoms with van der Waals surface area (Å²) in [5.41, 5.74) is 2.18. The topological polar surface area (TPSA) is 55.8 Å². The number of rotatable bonds is 9. The monoisotopic (exact) mass is 367 g/mol. The van der Waals surface area contributed by atoms with Crippen molar-refractivity contribution in [2.75, 3.05) is 19.8 Å². The Kier molecular flexibility index (Phi) is 6.12. The number of hydrogen-bond acceptors (Lipinski definition) is 4. The van der Waals surface area contributed by atoms with Crippen LogP contribution in [0.1, 0.15) is 53.0 Å². The molecule has 27 heavy (non-hydrogen) atoms. The lowest BCUT2D eigenvalue weighted by Gasteiger charge is -2.16. The summed E-state index contributed by atoms with van der Waals surface area (Å²) in [6.45, 7) is 5.40. The van der Waals surface area contributed by atoms with Crippen LogP contribution in [-0.4, -0.2) is 36.5 Å². The fourth-order valence-corrected chi connectivity index (χ4v) is 3.23. The van der Waals surface area contributed by atoms with Crippen LogP contribution in [0.2, 0.25) is 0 Å². The van der Waals surface area contributed by atoms with Crippen LogP contribution < -0.4 is 9.47 Å². The van der Waals surface area contributed by atoms with Gasteiger partial charge in [0.05, 0.1) is 24.3 Å². The van der Waals surface area contributed by atoms with Crippen LogP contribution in [0.25, 0.3) is 0 Å². The molecular weight excluding hydrogens is 342 g/mol. The van der Waals surface area contributed by atoms with Crippen molar-refractivity contribution >= 4 is 11.8 Å². The zero-order chi connectivity index (χ0) is 19.2. The van der Waals surface area contributed by atoms with E-state index in [2.05, 4.69) is 6.92 Å². The van der Waals surface area contributed by atoms with Crippen LogP contribution in [0.5, 0.6) is 11.5 Å². The second-order valence-corrected chi connectivity index (χ2v) is 6.47. The van der Waals surface area contributed by atoms with Gasteiger partial charge in [0, 0.05) is 6.54 Å². The standard InChI is InChI=1S/C22H25NO4/c1-3-8-16-11-12-19(20(15-16)26-4-2)27-14-7-13-23-21(24)17-9-5-6-10-18(17)22(23)25/h5-6,9-12,15H,3-4,7-8,13-14H2,1-2H3. The highest BCUT2D eigenvalue weighted by molar-refractivity contribution is 6.21. The SMILES string of the molecule is CCCc1ccc(OCCCN2C(=O)c3ccccc3C2=O)c(OCC)c1. The summed E-state index contributed by atoms with van der Waals surface area (Å²) in [4.78, 5) is 26.0. The van der Waals surface area contributed by atoms with Gasteiger partial charge in [0.2, 0.25) is 0 Å². The number of carbonyl (C=O) groups excluding carboxylic acids is 2. The Morgan fingerprint density at radius 3 is 2.22 bits per heavy atom. The summed E-state index contributed by atoms with van der Waals surface area (Å²) >= 11 is 0. The zero-order valence-corrected chi connectivity index (χ0v) is 15.9. The molecule has 0 bridgehead atoms. The molecular formula is C22H25NO4. The van der Waals surface area contributed by atoms with E-state index in [1.165, 1.54) is 10.5 Å². The fraction of sp³-hybridized carbons (Fsp3) is 0.364. The normalized spacial score (nSPS) is 13.0. The van der Waals surface area contributed by atoms with Gasteiger partial charge in [-0.05, 0) is 49.6 Å². The van der Waals surface area contributed by atoms with E-state index in [0.29, 0.717) is 43.1 Å². The molecule has 0 unspecified atom stereocenters. The van der Waals surface area contributed by atoms with E-state index in [-0.39, 0.29) is 11.8 Å². The van der Waals surface area contributed by atoms with Crippen molar-refractivity contribution in [1.82, 2.24) is 4.90 Å². The van der Waals surface area contributed by atoms with E-state index in [1.807, 2.05) is 25.1 Å². The van der Waals surface area contributed by atoms with Gasteiger partial charge in [-0.2, -0.15) is 0 Å². The number of fused-ring (bicyclic) bond motifs is 1. The van der Waals surface area contributed by atoms with Crippen molar-refractivity contribution < 1.29 is 19.1 Å². The van der Waals surface area contributed by atoms with Crippen molar-refractivity contribution in [2.24, 2.45) is 0 Å². The summed E-state index contributed by atoms with van der Waals surface area (Å²) in [7, 11) is 0. The summed E-state index contributed by atoms with van der Waals surface area (Å²) in [6.07, 6.45) is 2.64. The smallest absolute Gasteiger partial charge is 0.261 e. The van der Waals surface area contributed by atoms with Crippen LogP contribution in [0.4, 0.5) is 0 Å². The fourth-order valence-electron chi connectivity index (χ4n) is 3.23. The maximum Gasteiger partial charge on any atom is 0.261 e. The molecule has 2 aromatic rings. The molecule has 142 valence electrons. The molecule has 5 heteroatoms. The van der Waals surface area contributed by atoms with Crippen LogP contribution in [0.3, 0.4) is 0 Å². The van der Waals surface area contributed by atoms with Gasteiger partial charge in [0.1, 0.15) is 0 Å². The Labute approximate surface area is 159 Å². The molecule has 5 nitrogen and oxygen atoms in total. The molecule has 2 amide bonds. The van der Waals surface area contributed by atoms with Crippen LogP contribution in [-0.2, 0) is 6.42 Å². The Hall–Kier alpha value is -2.82. The maximum atomic E-state index is 12.4. The first-order valence-electron chi connectivity index (χ1n) is 9.49. The molecule has 1 aliphatic heterocycles. The molecule has 2 aromatic carbocycles. The van der Waals surface area contributed by atoms with E-state index in [9.17, 15) is 9.59 Å². The number of hydrogen-bond donors (Lipinski definition) is 0. The highest BCUT2D eigenvalue weighted by Crippen LogP contribution is 2.29. The number of imide groups is 1. The van der Waals surface area contributed by atoms with Crippen molar-refractivity contribution in [1.29, 1.82) is 0 Å². The Morgan fingerprint density at radius 1 is 0.889 bits per heavy atom. The highest BCUT2D eigenvalue weighted by atomic mass is 16.5. The van der Waals surface area contributed by atoms with Crippen LogP contribution in [0, 0.1) is 0 Å². The minimum absolute atomic E-state index is 0.227. The van der Waals surface area contributed by atoms with Crippen molar-refractivity contribution in [2.45, 2.75) is 33.1 Å². The predicted octanol–water partition coefficient (Wildman–Crippen LogP) is 4.10. The van der Waals surface area contributed by atoms with Gasteiger partial charge in [-0.1, -0.05) is 31.5 Å². The van der Waals surface area contributed by atoms with Gasteiger partial charge in [0.25, 0.3) is 11.8 Å². The summed E-state index contributed by atoms with van der Waals surface area (Å²) < 4.78 is 11.5. The van der Waals surface area contributed by atoms with Gasteiger partial charge < -0.3 is 9.47 Å². The van der Waals surface area contributed by atoms with E-state index in [1.54, 1.807) is 24.3 Å². The first kappa shape index (κ1) is 19.0. The first-order chi connectivity index (χ1) is 13.2. The summed E-state index contributed by atoms with van der Waals surface area (Å²) in [6, 6.07) is 12.9. The lowest BCUT2D eigenvalue weighted by molar-refractivity contribution is 0.0646. The molecule has 0 fully saturated rings. The molecule has 3 rings (SSSR count). The first-order valence-corrected chi connectivity index (χ1v) is 9.49. The third kappa shape index (κ3) is 4.13. The minimum atomic E-state index is -0.227. The summed E-state index contributed by atoms with van der Waals surface area (Å²) in [5.74, 6) is 0.979. The molecule has 0 N–H and O–H groups in total. The van der Waals surface area contributed by atoms with E-state index in [4.69, 9.17) is 9.47 Å². The number of benzene rings is 2. The third-order valence-electron chi connectivity index (χ3n) is 4.51. The third-order valence-corrected chi connectivity index (χ3v) is 4.51. The van der Waals surface area contributed by atoms with Gasteiger partial charge in [-0.15, -0.1) is 0 Å². The molecule has 0 aromatic heterocycles. The van der Waals surface area contributed by atoms with Crippen LogP contribution in [0.15, 0.2) is 42.5 Å². The Bertz CT molecular complexity index is 796. The number of carbonyl (C=O) groups is 2. The number of ether oxygens (including phenoxy) is 2. The molecule has 0 aliphatic carbocycles. The van der Waals surface area contributed by atoms with E-state index >= 15 is 0 Å². The molecule has 0 spiro atoms. The largest absolute Gasteiger partial charge is 0.490 e. The lowest BCUT2D eigenvalue weighted by Crippen LogP contribution is -2.31. The van der Waals surface area contributed by atoms with Gasteiger partial charge in [-0.25, -0.2) is 0 Å². The summed E-state index contributed by atoms with van der Waals surface area (Å²) in [5, 5.41) is 0. The Morgan fingerprint density at radius 2 is 1.59 bits per heavy atom. The number of amides is 2. The molecule has 0 saturated carbocycles. The second-order valence-electron chi connectivity index (χ2n) is 6.47. The predicted molar refractivity (Wildman–Crippen MR) is 104 cm³/mol. The molecule has 1 heterocycles. The maximum absolute atomic E-state index is 12.4. The van der Waals surface area contributed by atoms with Crippen molar-refractivity contribution in [3.05, 3.63) is 59.2 Å². The molecule has 0 radical (unpaired) electrons. The van der Waals surface area contributed by atoms with Crippen molar-refractivity contribution in [3.8, 4) is 11.5 Å².